The Bertz CT molecular complexity index is 619. The average molecular weight is 326 g/mol. The zero-order valence-electron chi connectivity index (χ0n) is 9.68. The Hall–Kier alpha value is -1.95. The summed E-state index contributed by atoms with van der Waals surface area (Å²) in [5.74, 6) is 0.361. The van der Waals surface area contributed by atoms with E-state index in [-0.39, 0.29) is 5.69 Å². The molecule has 6 heteroatoms. The summed E-state index contributed by atoms with van der Waals surface area (Å²) < 4.78 is 18.5. The molecule has 0 saturated carbocycles. The highest BCUT2D eigenvalue weighted by molar-refractivity contribution is 9.08. The summed E-state index contributed by atoms with van der Waals surface area (Å²) in [5, 5.41) is 11.1. The lowest BCUT2D eigenvalue weighted by Crippen LogP contribution is -1.94. The highest BCUT2D eigenvalue weighted by atomic mass is 79.9. The van der Waals surface area contributed by atoms with Gasteiger partial charge < -0.3 is 4.74 Å². The van der Waals surface area contributed by atoms with E-state index in [1.54, 1.807) is 12.1 Å². The molecular weight excluding hydrogens is 317 g/mol. The molecule has 4 nitrogen and oxygen atoms in total. The second kappa shape index (κ2) is 5.79. The molecule has 0 aliphatic rings. The molecule has 98 valence electrons. The van der Waals surface area contributed by atoms with Gasteiger partial charge in [-0.25, -0.2) is 4.39 Å². The van der Waals surface area contributed by atoms with Crippen LogP contribution in [0, 0.1) is 15.9 Å². The first-order valence-electron chi connectivity index (χ1n) is 5.37. The number of alkyl halides is 1. The van der Waals surface area contributed by atoms with Gasteiger partial charge in [0.2, 0.25) is 0 Å². The zero-order valence-corrected chi connectivity index (χ0v) is 11.3. The molecule has 0 aliphatic carbocycles. The van der Waals surface area contributed by atoms with Gasteiger partial charge in [0.15, 0.2) is 0 Å². The van der Waals surface area contributed by atoms with E-state index in [1.807, 2.05) is 0 Å². The summed E-state index contributed by atoms with van der Waals surface area (Å²) in [4.78, 5) is 10.3. The predicted molar refractivity (Wildman–Crippen MR) is 72.2 cm³/mol. The third-order valence-electron chi connectivity index (χ3n) is 2.42. The van der Waals surface area contributed by atoms with Crippen LogP contribution >= 0.6 is 15.9 Å². The lowest BCUT2D eigenvalue weighted by atomic mass is 10.2. The Balaban J connectivity index is 2.29. The van der Waals surface area contributed by atoms with Gasteiger partial charge in [-0.2, -0.15) is 0 Å². The van der Waals surface area contributed by atoms with Crippen molar-refractivity contribution >= 4 is 21.6 Å². The van der Waals surface area contributed by atoms with Crippen molar-refractivity contribution < 1.29 is 14.1 Å². The van der Waals surface area contributed by atoms with Crippen molar-refractivity contribution in [2.75, 3.05) is 0 Å². The van der Waals surface area contributed by atoms with Crippen molar-refractivity contribution in [3.63, 3.8) is 0 Å². The summed E-state index contributed by atoms with van der Waals surface area (Å²) in [7, 11) is 0. The molecule has 2 aromatic rings. The van der Waals surface area contributed by atoms with Gasteiger partial charge in [0, 0.05) is 23.0 Å². The van der Waals surface area contributed by atoms with E-state index in [1.165, 1.54) is 30.3 Å². The third-order valence-corrected chi connectivity index (χ3v) is 3.03. The largest absolute Gasteiger partial charge is 0.457 e. The number of rotatable bonds is 4. The number of halogens is 2. The van der Waals surface area contributed by atoms with Crippen LogP contribution in [0.15, 0.2) is 42.5 Å². The Kier molecular flexibility index (Phi) is 4.11. The Morgan fingerprint density at radius 1 is 1.21 bits per heavy atom. The normalized spacial score (nSPS) is 10.2. The number of nitrogens with zero attached hydrogens (tertiary/aromatic N) is 1. The van der Waals surface area contributed by atoms with Crippen LogP contribution in [0.4, 0.5) is 10.1 Å². The number of benzene rings is 2. The van der Waals surface area contributed by atoms with Crippen LogP contribution in [0.1, 0.15) is 5.56 Å². The summed E-state index contributed by atoms with van der Waals surface area (Å²) in [6.07, 6.45) is 0. The molecule has 0 unspecified atom stereocenters. The molecule has 19 heavy (non-hydrogen) atoms. The fraction of sp³-hybridized carbons (Fsp3) is 0.0769. The van der Waals surface area contributed by atoms with Crippen LogP contribution in [-0.2, 0) is 5.33 Å². The van der Waals surface area contributed by atoms with Gasteiger partial charge in [0.05, 0.1) is 4.92 Å². The maximum atomic E-state index is 13.0. The van der Waals surface area contributed by atoms with Crippen molar-refractivity contribution in [1.82, 2.24) is 0 Å². The first kappa shape index (κ1) is 13.5. The second-order valence-electron chi connectivity index (χ2n) is 3.74. The average Bonchev–Trinajstić information content (AvgIpc) is 2.38. The molecule has 0 aliphatic heterocycles. The fourth-order valence-electron chi connectivity index (χ4n) is 1.58. The van der Waals surface area contributed by atoms with Crippen LogP contribution in [0.3, 0.4) is 0 Å². The minimum Gasteiger partial charge on any atom is -0.457 e. The molecule has 0 fully saturated rings. The molecule has 0 bridgehead atoms. The molecule has 0 heterocycles. The Morgan fingerprint density at radius 3 is 2.58 bits per heavy atom. The minimum absolute atomic E-state index is 0.0171. The molecule has 0 radical (unpaired) electrons. The molecule has 0 aromatic heterocycles. The van der Waals surface area contributed by atoms with Gasteiger partial charge in [-0.15, -0.1) is 0 Å². The van der Waals surface area contributed by atoms with Crippen molar-refractivity contribution in [2.24, 2.45) is 0 Å². The van der Waals surface area contributed by atoms with Crippen LogP contribution < -0.4 is 4.74 Å². The van der Waals surface area contributed by atoms with Gasteiger partial charge in [-0.05, 0) is 24.3 Å². The fourth-order valence-corrected chi connectivity index (χ4v) is 2.03. The van der Waals surface area contributed by atoms with Gasteiger partial charge in [-0.3, -0.25) is 10.1 Å². The maximum absolute atomic E-state index is 13.0. The molecule has 0 amide bonds. The predicted octanol–water partition coefficient (Wildman–Crippen LogP) is 4.42. The first-order valence-corrected chi connectivity index (χ1v) is 6.49. The number of hydrogen-bond acceptors (Lipinski definition) is 3. The van der Waals surface area contributed by atoms with Crippen LogP contribution in [0.5, 0.6) is 11.5 Å². The highest BCUT2D eigenvalue weighted by Crippen LogP contribution is 2.29. The van der Waals surface area contributed by atoms with E-state index in [2.05, 4.69) is 15.9 Å². The Labute approximate surface area is 117 Å². The number of nitro groups is 1. The lowest BCUT2D eigenvalue weighted by Gasteiger charge is -2.07. The number of hydrogen-bond donors (Lipinski definition) is 0. The summed E-state index contributed by atoms with van der Waals surface area (Å²) in [6.45, 7) is 0. The van der Waals surface area contributed by atoms with E-state index in [0.717, 1.165) is 0 Å². The zero-order chi connectivity index (χ0) is 13.8. The summed E-state index contributed by atoms with van der Waals surface area (Å²) in [6, 6.07) is 10.1. The SMILES string of the molecule is O=[N+]([O-])c1ccc(Oc2cccc(F)c2)cc1CBr. The van der Waals surface area contributed by atoms with E-state index in [9.17, 15) is 14.5 Å². The standard InChI is InChI=1S/C13H9BrFNO3/c14-8-9-6-12(4-5-13(9)16(17)18)19-11-3-1-2-10(15)7-11/h1-7H,8H2. The molecular formula is C13H9BrFNO3. The van der Waals surface area contributed by atoms with Gasteiger partial charge >= 0.3 is 0 Å². The van der Waals surface area contributed by atoms with E-state index >= 15 is 0 Å². The number of ether oxygens (including phenoxy) is 1. The van der Waals surface area contributed by atoms with Crippen LogP contribution in [0.25, 0.3) is 0 Å². The molecule has 0 spiro atoms. The summed E-state index contributed by atoms with van der Waals surface area (Å²) in [5.41, 5.74) is 0.516. The molecule has 0 N–H and O–H groups in total. The third kappa shape index (κ3) is 3.29. The molecule has 0 saturated heterocycles. The number of nitro benzene ring substituents is 1. The first-order chi connectivity index (χ1) is 9.10. The second-order valence-corrected chi connectivity index (χ2v) is 4.30. The highest BCUT2D eigenvalue weighted by Gasteiger charge is 2.13. The van der Waals surface area contributed by atoms with Crippen LogP contribution in [0.2, 0.25) is 0 Å². The maximum Gasteiger partial charge on any atom is 0.273 e. The van der Waals surface area contributed by atoms with Gasteiger partial charge in [0.1, 0.15) is 17.3 Å². The van der Waals surface area contributed by atoms with Crippen molar-refractivity contribution in [2.45, 2.75) is 5.33 Å². The van der Waals surface area contributed by atoms with Gasteiger partial charge in [-0.1, -0.05) is 22.0 Å². The monoisotopic (exact) mass is 325 g/mol. The van der Waals surface area contributed by atoms with Crippen molar-refractivity contribution in [3.8, 4) is 11.5 Å². The van der Waals surface area contributed by atoms with Crippen molar-refractivity contribution in [1.29, 1.82) is 0 Å². The molecule has 2 aromatic carbocycles. The molecule has 0 atom stereocenters. The van der Waals surface area contributed by atoms with E-state index in [4.69, 9.17) is 4.74 Å². The quantitative estimate of drug-likeness (QED) is 0.475. The Morgan fingerprint density at radius 2 is 1.95 bits per heavy atom. The molecule has 2 rings (SSSR count). The van der Waals surface area contributed by atoms with E-state index < -0.39 is 10.7 Å². The lowest BCUT2D eigenvalue weighted by molar-refractivity contribution is -0.385. The van der Waals surface area contributed by atoms with Crippen LogP contribution in [-0.4, -0.2) is 4.92 Å². The summed E-state index contributed by atoms with van der Waals surface area (Å²) >= 11 is 3.19. The van der Waals surface area contributed by atoms with E-state index in [0.29, 0.717) is 22.4 Å². The minimum atomic E-state index is -0.456. The van der Waals surface area contributed by atoms with Crippen molar-refractivity contribution in [3.05, 3.63) is 64.0 Å². The van der Waals surface area contributed by atoms with Gasteiger partial charge in [0.25, 0.3) is 5.69 Å². The topological polar surface area (TPSA) is 52.4 Å². The smallest absolute Gasteiger partial charge is 0.273 e.